The fourth-order valence-corrected chi connectivity index (χ4v) is 3.93. The molecular formula is C23H20F5NO4. The third-order valence-electron chi connectivity index (χ3n) is 5.83. The molecule has 0 spiro atoms. The van der Waals surface area contributed by atoms with Crippen LogP contribution in [0.2, 0.25) is 0 Å². The van der Waals surface area contributed by atoms with Crippen molar-refractivity contribution < 1.29 is 41.0 Å². The minimum atomic E-state index is -2.36. The van der Waals surface area contributed by atoms with Gasteiger partial charge in [-0.15, -0.1) is 0 Å². The molecule has 5 nitrogen and oxygen atoms in total. The van der Waals surface area contributed by atoms with Gasteiger partial charge in [0.2, 0.25) is 34.8 Å². The summed E-state index contributed by atoms with van der Waals surface area (Å²) in [7, 11) is 0. The number of amides is 1. The molecule has 1 atom stereocenters. The maximum absolute atomic E-state index is 14.0. The average Bonchev–Trinajstić information content (AvgIpc) is 3.73. The van der Waals surface area contributed by atoms with Crippen LogP contribution in [0.3, 0.4) is 0 Å². The van der Waals surface area contributed by atoms with E-state index in [1.54, 1.807) is 30.3 Å². The minimum absolute atomic E-state index is 0.0702. The fraction of sp³-hybridized carbons (Fsp3) is 0.391. The van der Waals surface area contributed by atoms with Gasteiger partial charge in [0.25, 0.3) is 0 Å². The molecule has 0 saturated heterocycles. The van der Waals surface area contributed by atoms with E-state index in [2.05, 4.69) is 10.1 Å². The van der Waals surface area contributed by atoms with E-state index in [1.165, 1.54) is 0 Å². The molecule has 2 aromatic rings. The van der Waals surface area contributed by atoms with Crippen molar-refractivity contribution in [1.82, 2.24) is 5.32 Å². The summed E-state index contributed by atoms with van der Waals surface area (Å²) in [6.45, 7) is -0.0936. The normalized spacial score (nSPS) is 16.4. The fourth-order valence-electron chi connectivity index (χ4n) is 3.93. The Balaban J connectivity index is 1.54. The number of hydrogen-bond acceptors (Lipinski definition) is 4. The van der Waals surface area contributed by atoms with Gasteiger partial charge in [0, 0.05) is 0 Å². The van der Waals surface area contributed by atoms with Gasteiger partial charge in [0.05, 0.1) is 0 Å². The Kier molecular flexibility index (Phi) is 6.53. The molecule has 0 radical (unpaired) electrons. The molecule has 2 aliphatic carbocycles. The third kappa shape index (κ3) is 5.09. The van der Waals surface area contributed by atoms with Crippen molar-refractivity contribution in [2.45, 2.75) is 38.3 Å². The Hall–Kier alpha value is -3.17. The van der Waals surface area contributed by atoms with E-state index >= 15 is 0 Å². The predicted octanol–water partition coefficient (Wildman–Crippen LogP) is 5.02. The van der Waals surface area contributed by atoms with Gasteiger partial charge in [-0.25, -0.2) is 22.8 Å². The quantitative estimate of drug-likeness (QED) is 0.194. The Morgan fingerprint density at radius 1 is 0.848 bits per heavy atom. The summed E-state index contributed by atoms with van der Waals surface area (Å²) in [5.41, 5.74) is 0.689. The molecule has 2 fully saturated rings. The zero-order valence-electron chi connectivity index (χ0n) is 17.3. The van der Waals surface area contributed by atoms with Gasteiger partial charge in [0.15, 0.2) is 0 Å². The highest BCUT2D eigenvalue weighted by molar-refractivity contribution is 5.83. The van der Waals surface area contributed by atoms with Crippen LogP contribution in [0.25, 0.3) is 0 Å². The molecule has 4 rings (SSSR count). The molecule has 0 heterocycles. The lowest BCUT2D eigenvalue weighted by atomic mass is 9.89. The number of alkyl carbamates (subject to hydrolysis) is 1. The van der Waals surface area contributed by atoms with E-state index in [9.17, 15) is 31.5 Å². The second kappa shape index (κ2) is 9.36. The van der Waals surface area contributed by atoms with Crippen molar-refractivity contribution in [3.8, 4) is 5.75 Å². The molecule has 2 aliphatic rings. The van der Waals surface area contributed by atoms with Gasteiger partial charge in [0.1, 0.15) is 12.6 Å². The first kappa shape index (κ1) is 23.0. The highest BCUT2D eigenvalue weighted by Crippen LogP contribution is 2.51. The van der Waals surface area contributed by atoms with Gasteiger partial charge in [-0.05, 0) is 49.0 Å². The second-order valence-corrected chi connectivity index (χ2v) is 8.26. The van der Waals surface area contributed by atoms with E-state index in [1.807, 2.05) is 0 Å². The van der Waals surface area contributed by atoms with Crippen molar-refractivity contribution in [3.63, 3.8) is 0 Å². The largest absolute Gasteiger partial charge is 0.445 e. The molecular weight excluding hydrogens is 449 g/mol. The van der Waals surface area contributed by atoms with Crippen LogP contribution >= 0.6 is 0 Å². The Morgan fingerprint density at radius 2 is 1.36 bits per heavy atom. The Morgan fingerprint density at radius 3 is 1.88 bits per heavy atom. The first-order chi connectivity index (χ1) is 15.8. The molecule has 0 bridgehead atoms. The Labute approximate surface area is 185 Å². The molecule has 2 saturated carbocycles. The minimum Gasteiger partial charge on any atom is -0.445 e. The number of rotatable bonds is 8. The lowest BCUT2D eigenvalue weighted by Gasteiger charge is -2.26. The topological polar surface area (TPSA) is 64.6 Å². The zero-order valence-corrected chi connectivity index (χ0v) is 17.3. The molecule has 33 heavy (non-hydrogen) atoms. The van der Waals surface area contributed by atoms with Gasteiger partial charge < -0.3 is 14.8 Å². The first-order valence-corrected chi connectivity index (χ1v) is 10.5. The van der Waals surface area contributed by atoms with Crippen LogP contribution in [-0.4, -0.2) is 18.1 Å². The van der Waals surface area contributed by atoms with Crippen LogP contribution in [0.5, 0.6) is 5.75 Å². The summed E-state index contributed by atoms with van der Waals surface area (Å²) in [6, 6.07) is 7.35. The number of nitrogens with one attached hydrogen (secondary N) is 1. The molecule has 0 aromatic heterocycles. The number of halogens is 5. The molecule has 0 aliphatic heterocycles. The zero-order chi connectivity index (χ0) is 23.7. The van der Waals surface area contributed by atoms with E-state index in [0.717, 1.165) is 25.7 Å². The molecule has 2 aromatic carbocycles. The number of benzene rings is 2. The van der Waals surface area contributed by atoms with E-state index in [-0.39, 0.29) is 18.4 Å². The monoisotopic (exact) mass is 469 g/mol. The van der Waals surface area contributed by atoms with Crippen LogP contribution in [0.4, 0.5) is 26.7 Å². The summed E-state index contributed by atoms with van der Waals surface area (Å²) in [4.78, 5) is 25.3. The maximum atomic E-state index is 14.0. The summed E-state index contributed by atoms with van der Waals surface area (Å²) in [6.07, 6.45) is 2.18. The van der Waals surface area contributed by atoms with E-state index in [4.69, 9.17) is 4.74 Å². The number of carbonyl (C=O) groups excluding carboxylic acids is 2. The van der Waals surface area contributed by atoms with E-state index < -0.39 is 58.9 Å². The number of carbonyl (C=O) groups is 2. The van der Waals surface area contributed by atoms with Crippen molar-refractivity contribution in [2.75, 3.05) is 0 Å². The van der Waals surface area contributed by atoms with Crippen LogP contribution < -0.4 is 10.1 Å². The maximum Gasteiger partial charge on any atom is 0.408 e. The highest BCUT2D eigenvalue weighted by atomic mass is 19.2. The van der Waals surface area contributed by atoms with Crippen LogP contribution in [0, 0.1) is 46.8 Å². The first-order valence-electron chi connectivity index (χ1n) is 10.5. The van der Waals surface area contributed by atoms with Gasteiger partial charge in [-0.3, -0.25) is 0 Å². The molecule has 176 valence electrons. The van der Waals surface area contributed by atoms with Crippen LogP contribution in [0.15, 0.2) is 30.3 Å². The van der Waals surface area contributed by atoms with Crippen LogP contribution in [0.1, 0.15) is 31.2 Å². The lowest BCUT2D eigenvalue weighted by Crippen LogP contribution is -2.49. The lowest BCUT2D eigenvalue weighted by molar-refractivity contribution is -0.139. The Bertz CT molecular complexity index is 1020. The van der Waals surface area contributed by atoms with Crippen molar-refractivity contribution in [3.05, 3.63) is 65.0 Å². The van der Waals surface area contributed by atoms with Crippen LogP contribution in [-0.2, 0) is 16.1 Å². The van der Waals surface area contributed by atoms with Crippen molar-refractivity contribution >= 4 is 12.1 Å². The summed E-state index contributed by atoms with van der Waals surface area (Å²) < 4.78 is 78.2. The second-order valence-electron chi connectivity index (χ2n) is 8.26. The number of ether oxygens (including phenoxy) is 2. The standard InChI is InChI=1S/C23H20F5NO4/c24-15-16(25)18(27)21(19(28)17(15)26)33-22(30)20(14(12-6-7-12)13-8-9-13)29-23(31)32-10-11-4-2-1-3-5-11/h1-5,12-14,20H,6-10H2,(H,29,31)/t20-/m0/s1. The molecule has 0 unspecified atom stereocenters. The third-order valence-corrected chi connectivity index (χ3v) is 5.83. The van der Waals surface area contributed by atoms with Gasteiger partial charge in [-0.2, -0.15) is 8.78 Å². The number of hydrogen-bond donors (Lipinski definition) is 1. The predicted molar refractivity (Wildman–Crippen MR) is 104 cm³/mol. The highest BCUT2D eigenvalue weighted by Gasteiger charge is 2.49. The molecule has 1 amide bonds. The van der Waals surface area contributed by atoms with Crippen molar-refractivity contribution in [2.24, 2.45) is 17.8 Å². The molecule has 1 N–H and O–H groups in total. The van der Waals surface area contributed by atoms with Gasteiger partial charge >= 0.3 is 12.1 Å². The average molecular weight is 469 g/mol. The molecule has 10 heteroatoms. The summed E-state index contributed by atoms with van der Waals surface area (Å²) in [5.74, 6) is -14.6. The summed E-state index contributed by atoms with van der Waals surface area (Å²) in [5, 5.41) is 2.39. The smallest absolute Gasteiger partial charge is 0.408 e. The SMILES string of the molecule is O=C(N[C@H](C(=O)Oc1c(F)c(F)c(F)c(F)c1F)C(C1CC1)C1CC1)OCc1ccccc1. The van der Waals surface area contributed by atoms with E-state index in [0.29, 0.717) is 5.56 Å². The summed E-state index contributed by atoms with van der Waals surface area (Å²) >= 11 is 0. The number of esters is 1. The van der Waals surface area contributed by atoms with Gasteiger partial charge in [-0.1, -0.05) is 30.3 Å². The van der Waals surface area contributed by atoms with Crippen molar-refractivity contribution in [1.29, 1.82) is 0 Å².